The molecule has 3 fully saturated rings. The average molecular weight is 309 g/mol. The number of rotatable bonds is 2. The van der Waals surface area contributed by atoms with Crippen LogP contribution in [0.15, 0.2) is 0 Å². The summed E-state index contributed by atoms with van der Waals surface area (Å²) in [5.41, 5.74) is -0.554. The van der Waals surface area contributed by atoms with Crippen LogP contribution in [0.1, 0.15) is 79.1 Å². The Morgan fingerprint density at radius 3 is 2.41 bits per heavy atom. The van der Waals surface area contributed by atoms with Gasteiger partial charge in [0.25, 0.3) is 0 Å². The van der Waals surface area contributed by atoms with E-state index in [1.165, 1.54) is 25.7 Å². The summed E-state index contributed by atoms with van der Waals surface area (Å²) in [5, 5.41) is 21.8. The lowest BCUT2D eigenvalue weighted by atomic mass is 9.42. The standard InChI is InChI=1S/C20H36O2/c1-14(2)15-8-11-19(4)16(12-15)6-7-17-18(3,13-21)9-5-10-20(17,19)22/h14-17,21-22H,5-13H2,1-4H3/t15-,16-,17+,18+,19-,20-/m1/s1. The summed E-state index contributed by atoms with van der Waals surface area (Å²) in [6.07, 6.45) is 9.21. The second-order valence-corrected chi connectivity index (χ2v) is 9.61. The molecular weight excluding hydrogens is 272 g/mol. The fourth-order valence-electron chi connectivity index (χ4n) is 6.56. The molecule has 0 spiro atoms. The van der Waals surface area contributed by atoms with Crippen LogP contribution in [0.2, 0.25) is 0 Å². The first-order chi connectivity index (χ1) is 10.3. The minimum absolute atomic E-state index is 0.0676. The van der Waals surface area contributed by atoms with Crippen LogP contribution in [-0.2, 0) is 0 Å². The molecule has 2 nitrogen and oxygen atoms in total. The molecule has 0 aromatic rings. The maximum atomic E-state index is 11.8. The van der Waals surface area contributed by atoms with E-state index >= 15 is 0 Å². The molecule has 2 heteroatoms. The van der Waals surface area contributed by atoms with Gasteiger partial charge in [-0.25, -0.2) is 0 Å². The summed E-state index contributed by atoms with van der Waals surface area (Å²) in [5.74, 6) is 2.57. The molecule has 3 aliphatic carbocycles. The van der Waals surface area contributed by atoms with E-state index in [4.69, 9.17) is 0 Å². The zero-order chi connectivity index (χ0) is 16.2. The van der Waals surface area contributed by atoms with Gasteiger partial charge in [0, 0.05) is 6.61 Å². The minimum Gasteiger partial charge on any atom is -0.396 e. The third-order valence-electron chi connectivity index (χ3n) is 8.34. The van der Waals surface area contributed by atoms with Crippen LogP contribution in [-0.4, -0.2) is 22.4 Å². The van der Waals surface area contributed by atoms with Crippen molar-refractivity contribution >= 4 is 0 Å². The molecule has 128 valence electrons. The van der Waals surface area contributed by atoms with Gasteiger partial charge in [-0.2, -0.15) is 0 Å². The van der Waals surface area contributed by atoms with Gasteiger partial charge in [0.15, 0.2) is 0 Å². The predicted molar refractivity (Wildman–Crippen MR) is 90.5 cm³/mol. The molecule has 3 saturated carbocycles. The maximum absolute atomic E-state index is 11.8. The molecule has 0 aromatic carbocycles. The van der Waals surface area contributed by atoms with Crippen LogP contribution < -0.4 is 0 Å². The van der Waals surface area contributed by atoms with E-state index in [9.17, 15) is 10.2 Å². The number of hydrogen-bond donors (Lipinski definition) is 2. The lowest BCUT2D eigenvalue weighted by Gasteiger charge is -2.65. The predicted octanol–water partition coefficient (Wildman–Crippen LogP) is 4.39. The average Bonchev–Trinajstić information content (AvgIpc) is 2.47. The highest BCUT2D eigenvalue weighted by atomic mass is 16.3. The first kappa shape index (κ1) is 16.8. The fraction of sp³-hybridized carbons (Fsp3) is 1.00. The molecule has 2 N–H and O–H groups in total. The fourth-order valence-corrected chi connectivity index (χ4v) is 6.56. The molecule has 0 bridgehead atoms. The van der Waals surface area contributed by atoms with Crippen LogP contribution in [0.25, 0.3) is 0 Å². The highest BCUT2D eigenvalue weighted by Gasteiger charge is 2.64. The lowest BCUT2D eigenvalue weighted by Crippen LogP contribution is -2.65. The topological polar surface area (TPSA) is 40.5 Å². The summed E-state index contributed by atoms with van der Waals surface area (Å²) in [6, 6.07) is 0. The number of aliphatic hydroxyl groups is 2. The molecule has 22 heavy (non-hydrogen) atoms. The molecule has 3 aliphatic rings. The van der Waals surface area contributed by atoms with Gasteiger partial charge >= 0.3 is 0 Å². The Labute approximate surface area is 136 Å². The molecule has 0 amide bonds. The second-order valence-electron chi connectivity index (χ2n) is 9.61. The first-order valence-electron chi connectivity index (χ1n) is 9.60. The lowest BCUT2D eigenvalue weighted by molar-refractivity contribution is -0.242. The number of fused-ring (bicyclic) bond motifs is 3. The summed E-state index contributed by atoms with van der Waals surface area (Å²) in [4.78, 5) is 0. The monoisotopic (exact) mass is 308 g/mol. The van der Waals surface area contributed by atoms with Crippen molar-refractivity contribution in [2.75, 3.05) is 6.61 Å². The molecule has 0 unspecified atom stereocenters. The Hall–Kier alpha value is -0.0800. The van der Waals surface area contributed by atoms with E-state index in [0.717, 1.165) is 37.5 Å². The van der Waals surface area contributed by atoms with E-state index in [1.807, 2.05) is 0 Å². The molecule has 3 rings (SSSR count). The molecule has 0 radical (unpaired) electrons. The molecule has 0 heterocycles. The normalized spacial score (nSPS) is 52.2. The number of hydrogen-bond acceptors (Lipinski definition) is 2. The van der Waals surface area contributed by atoms with Gasteiger partial charge in [-0.1, -0.05) is 27.7 Å². The Bertz CT molecular complexity index is 420. The van der Waals surface area contributed by atoms with Gasteiger partial charge in [0.05, 0.1) is 5.60 Å². The van der Waals surface area contributed by atoms with Gasteiger partial charge in [-0.05, 0) is 85.9 Å². The Morgan fingerprint density at radius 2 is 1.77 bits per heavy atom. The van der Waals surface area contributed by atoms with E-state index in [-0.39, 0.29) is 23.4 Å². The molecule has 0 aliphatic heterocycles. The van der Waals surface area contributed by atoms with Crippen LogP contribution in [0.5, 0.6) is 0 Å². The van der Waals surface area contributed by atoms with Crippen molar-refractivity contribution in [1.82, 2.24) is 0 Å². The quantitative estimate of drug-likeness (QED) is 0.794. The van der Waals surface area contributed by atoms with Crippen molar-refractivity contribution in [1.29, 1.82) is 0 Å². The van der Waals surface area contributed by atoms with Crippen molar-refractivity contribution in [2.45, 2.75) is 84.7 Å². The van der Waals surface area contributed by atoms with E-state index in [1.54, 1.807) is 0 Å². The Kier molecular flexibility index (Phi) is 4.18. The van der Waals surface area contributed by atoms with Gasteiger partial charge in [0.1, 0.15) is 0 Å². The van der Waals surface area contributed by atoms with E-state index in [2.05, 4.69) is 27.7 Å². The highest BCUT2D eigenvalue weighted by Crippen LogP contribution is 2.65. The zero-order valence-electron chi connectivity index (χ0n) is 15.1. The van der Waals surface area contributed by atoms with Crippen molar-refractivity contribution in [2.24, 2.45) is 34.5 Å². The Morgan fingerprint density at radius 1 is 1.05 bits per heavy atom. The van der Waals surface area contributed by atoms with Crippen LogP contribution in [0, 0.1) is 34.5 Å². The van der Waals surface area contributed by atoms with Crippen LogP contribution in [0.4, 0.5) is 0 Å². The summed E-state index contributed by atoms with van der Waals surface area (Å²) >= 11 is 0. The third kappa shape index (κ3) is 2.20. The van der Waals surface area contributed by atoms with E-state index in [0.29, 0.717) is 5.92 Å². The van der Waals surface area contributed by atoms with Crippen LogP contribution in [0.3, 0.4) is 0 Å². The summed E-state index contributed by atoms with van der Waals surface area (Å²) in [6.45, 7) is 9.54. The molecule has 6 atom stereocenters. The first-order valence-corrected chi connectivity index (χ1v) is 9.60. The van der Waals surface area contributed by atoms with Crippen molar-refractivity contribution in [3.05, 3.63) is 0 Å². The van der Waals surface area contributed by atoms with Gasteiger partial charge in [0.2, 0.25) is 0 Å². The Balaban J connectivity index is 1.91. The van der Waals surface area contributed by atoms with Crippen molar-refractivity contribution in [3.63, 3.8) is 0 Å². The van der Waals surface area contributed by atoms with Gasteiger partial charge in [-0.15, -0.1) is 0 Å². The van der Waals surface area contributed by atoms with Crippen molar-refractivity contribution in [3.8, 4) is 0 Å². The van der Waals surface area contributed by atoms with Crippen molar-refractivity contribution < 1.29 is 10.2 Å². The second kappa shape index (κ2) is 5.48. The summed E-state index contributed by atoms with van der Waals surface area (Å²) < 4.78 is 0. The number of aliphatic hydroxyl groups excluding tert-OH is 1. The zero-order valence-corrected chi connectivity index (χ0v) is 15.1. The largest absolute Gasteiger partial charge is 0.396 e. The third-order valence-corrected chi connectivity index (χ3v) is 8.34. The van der Waals surface area contributed by atoms with Gasteiger partial charge in [-0.3, -0.25) is 0 Å². The summed E-state index contributed by atoms with van der Waals surface area (Å²) in [7, 11) is 0. The minimum atomic E-state index is -0.548. The molecular formula is C20H36O2. The smallest absolute Gasteiger partial charge is 0.0737 e. The molecule has 0 saturated heterocycles. The SMILES string of the molecule is CC(C)[C@@H]1CC[C@]2(C)[C@H](CC[C@H]3[C@](C)(CO)CCC[C@@]32O)C1. The molecule has 0 aromatic heterocycles. The highest BCUT2D eigenvalue weighted by molar-refractivity contribution is 5.14. The van der Waals surface area contributed by atoms with Gasteiger partial charge < -0.3 is 10.2 Å². The van der Waals surface area contributed by atoms with Crippen LogP contribution >= 0.6 is 0 Å². The maximum Gasteiger partial charge on any atom is 0.0737 e. The van der Waals surface area contributed by atoms with E-state index < -0.39 is 5.60 Å².